The zero-order valence-corrected chi connectivity index (χ0v) is 32.8. The molecule has 284 valence electrons. The smallest absolute Gasteiger partial charge is 0.162 e. The summed E-state index contributed by atoms with van der Waals surface area (Å²) < 4.78 is 11.3. The number of benzene rings is 9. The highest BCUT2D eigenvalue weighted by molar-refractivity contribution is 6.26. The Kier molecular flexibility index (Phi) is 7.24. The molecule has 0 amide bonds. The molecule has 0 fully saturated rings. The first-order valence-corrected chi connectivity index (χ1v) is 20.7. The number of hydrogen-bond donors (Lipinski definition) is 0. The van der Waals surface area contributed by atoms with E-state index in [9.17, 15) is 0 Å². The predicted octanol–water partition coefficient (Wildman–Crippen LogP) is 14.6. The Hall–Kier alpha value is -8.28. The van der Waals surface area contributed by atoms with Gasteiger partial charge in [0.25, 0.3) is 0 Å². The Bertz CT molecular complexity index is 3660. The summed E-state index contributed by atoms with van der Waals surface area (Å²) in [7, 11) is 0. The molecule has 0 atom stereocenters. The third-order valence-electron chi connectivity index (χ3n) is 12.3. The van der Waals surface area contributed by atoms with Crippen molar-refractivity contribution in [2.75, 3.05) is 0 Å². The van der Waals surface area contributed by atoms with E-state index in [2.05, 4.69) is 185 Å². The molecule has 0 radical (unpaired) electrons. The lowest BCUT2D eigenvalue weighted by molar-refractivity contribution is 0.487. The number of para-hydroxylation sites is 3. The second-order valence-corrected chi connectivity index (χ2v) is 15.7. The average molecular weight is 779 g/mol. The Labute approximate surface area is 351 Å². The lowest BCUT2D eigenvalue weighted by Gasteiger charge is -2.22. The van der Waals surface area contributed by atoms with Gasteiger partial charge in [-0.25, -0.2) is 9.97 Å². The summed E-state index contributed by atoms with van der Waals surface area (Å²) >= 11 is 0. The maximum Gasteiger partial charge on any atom is 0.162 e. The summed E-state index contributed by atoms with van der Waals surface area (Å²) in [5, 5.41) is 7.07. The van der Waals surface area contributed by atoms with Crippen LogP contribution in [0.1, 0.15) is 0 Å². The van der Waals surface area contributed by atoms with E-state index >= 15 is 0 Å². The predicted molar refractivity (Wildman–Crippen MR) is 250 cm³/mol. The molecule has 4 heterocycles. The number of aromatic nitrogens is 4. The van der Waals surface area contributed by atoms with Gasteiger partial charge in [0.05, 0.1) is 27.8 Å². The number of hydrogen-bond acceptors (Lipinski definition) is 3. The molecule has 1 aliphatic heterocycles. The first kappa shape index (κ1) is 33.7. The molecule has 5 heteroatoms. The fourth-order valence-electron chi connectivity index (χ4n) is 9.60. The maximum atomic E-state index is 6.56. The van der Waals surface area contributed by atoms with E-state index in [1.165, 1.54) is 32.5 Å². The van der Waals surface area contributed by atoms with Crippen LogP contribution in [0.5, 0.6) is 11.5 Å². The molecule has 3 aromatic heterocycles. The quantitative estimate of drug-likeness (QED) is 0.175. The fourth-order valence-corrected chi connectivity index (χ4v) is 9.60. The molecular formula is C56H34N4O. The van der Waals surface area contributed by atoms with Crippen molar-refractivity contribution in [2.45, 2.75) is 0 Å². The van der Waals surface area contributed by atoms with Crippen LogP contribution in [0.2, 0.25) is 0 Å². The number of ether oxygens (including phenoxy) is 1. The Morgan fingerprint density at radius 3 is 1.85 bits per heavy atom. The van der Waals surface area contributed by atoms with Crippen LogP contribution in [0.4, 0.5) is 0 Å². The Morgan fingerprint density at radius 2 is 1.00 bits per heavy atom. The van der Waals surface area contributed by atoms with Crippen LogP contribution in [0.15, 0.2) is 206 Å². The highest BCUT2D eigenvalue weighted by Crippen LogP contribution is 2.51. The first-order chi connectivity index (χ1) is 30.2. The van der Waals surface area contributed by atoms with Crippen molar-refractivity contribution >= 4 is 54.4 Å². The Morgan fingerprint density at radius 1 is 0.344 bits per heavy atom. The molecule has 61 heavy (non-hydrogen) atoms. The zero-order chi connectivity index (χ0) is 40.0. The first-order valence-electron chi connectivity index (χ1n) is 20.7. The fraction of sp³-hybridized carbons (Fsp3) is 0. The minimum absolute atomic E-state index is 0.686. The van der Waals surface area contributed by atoms with E-state index in [1.807, 2.05) is 30.3 Å². The molecule has 0 bridgehead atoms. The normalized spacial score (nSPS) is 12.1. The van der Waals surface area contributed by atoms with Gasteiger partial charge >= 0.3 is 0 Å². The molecule has 1 aliphatic rings. The molecular weight excluding hydrogens is 745 g/mol. The van der Waals surface area contributed by atoms with E-state index < -0.39 is 0 Å². The van der Waals surface area contributed by atoms with E-state index in [-0.39, 0.29) is 0 Å². The van der Waals surface area contributed by atoms with Crippen LogP contribution in [0.25, 0.3) is 111 Å². The molecule has 0 aliphatic carbocycles. The van der Waals surface area contributed by atoms with Gasteiger partial charge in [-0.15, -0.1) is 0 Å². The van der Waals surface area contributed by atoms with Crippen LogP contribution in [-0.2, 0) is 0 Å². The van der Waals surface area contributed by atoms with Gasteiger partial charge in [-0.2, -0.15) is 0 Å². The van der Waals surface area contributed by atoms with Gasteiger partial charge in [0.2, 0.25) is 0 Å². The van der Waals surface area contributed by atoms with Crippen LogP contribution in [-0.4, -0.2) is 19.1 Å². The standard InChI is InChI=1S/C56H34N4O/c1-4-15-35(16-5-1)46-34-53(58-56(57-46)36-17-6-2-7-18-36)60-47-24-12-10-21-40(47)41-29-27-38(32-49(41)60)37-28-30-48-45(31-37)54-43-23-14-26-52-55(43)44(42-22-11-13-25-51(42)61-52)33-50(54)59(48)39-19-8-3-9-20-39/h1-34H. The molecule has 13 rings (SSSR count). The number of nitrogens with zero attached hydrogens (tertiary/aromatic N) is 4. The monoisotopic (exact) mass is 778 g/mol. The molecule has 9 aromatic carbocycles. The zero-order valence-electron chi connectivity index (χ0n) is 32.8. The van der Waals surface area contributed by atoms with E-state index in [0.717, 1.165) is 84.0 Å². The molecule has 12 aromatic rings. The SMILES string of the molecule is c1ccc(-c2cc(-n3c4ccccc4c4ccc(-c5ccc6c(c5)c5c7cccc8c7c(cc5n6-c5ccccc5)-c5ccccc5O8)cc43)nc(-c3ccccc3)n2)cc1. The topological polar surface area (TPSA) is 44.9 Å². The summed E-state index contributed by atoms with van der Waals surface area (Å²) in [6, 6.07) is 73.1. The van der Waals surface area contributed by atoms with Gasteiger partial charge in [-0.1, -0.05) is 146 Å². The van der Waals surface area contributed by atoms with Crippen molar-refractivity contribution in [1.29, 1.82) is 0 Å². The highest BCUT2D eigenvalue weighted by atomic mass is 16.5. The van der Waals surface area contributed by atoms with Gasteiger partial charge < -0.3 is 9.30 Å². The minimum atomic E-state index is 0.686. The van der Waals surface area contributed by atoms with Gasteiger partial charge in [0, 0.05) is 55.4 Å². The highest BCUT2D eigenvalue weighted by Gasteiger charge is 2.25. The van der Waals surface area contributed by atoms with Crippen molar-refractivity contribution in [3.8, 4) is 67.9 Å². The van der Waals surface area contributed by atoms with Crippen molar-refractivity contribution in [3.05, 3.63) is 206 Å². The molecule has 0 N–H and O–H groups in total. The summed E-state index contributed by atoms with van der Waals surface area (Å²) in [6.45, 7) is 0. The molecule has 0 spiro atoms. The van der Waals surface area contributed by atoms with Gasteiger partial charge in [0.1, 0.15) is 17.3 Å². The third-order valence-corrected chi connectivity index (χ3v) is 12.3. The van der Waals surface area contributed by atoms with Crippen molar-refractivity contribution in [3.63, 3.8) is 0 Å². The van der Waals surface area contributed by atoms with Crippen molar-refractivity contribution in [1.82, 2.24) is 19.1 Å². The van der Waals surface area contributed by atoms with Crippen molar-refractivity contribution in [2.24, 2.45) is 0 Å². The second kappa shape index (κ2) is 13.1. The van der Waals surface area contributed by atoms with E-state index in [0.29, 0.717) is 5.82 Å². The summed E-state index contributed by atoms with van der Waals surface area (Å²) in [5.41, 5.74) is 13.1. The largest absolute Gasteiger partial charge is 0.456 e. The maximum absolute atomic E-state index is 6.56. The number of rotatable bonds is 5. The lowest BCUT2D eigenvalue weighted by Crippen LogP contribution is -2.02. The van der Waals surface area contributed by atoms with Crippen molar-refractivity contribution < 1.29 is 4.74 Å². The Balaban J connectivity index is 1.07. The third kappa shape index (κ3) is 5.14. The second-order valence-electron chi connectivity index (χ2n) is 15.7. The number of fused-ring (bicyclic) bond motifs is 9. The molecule has 0 saturated carbocycles. The van der Waals surface area contributed by atoms with Gasteiger partial charge in [-0.3, -0.25) is 4.57 Å². The van der Waals surface area contributed by atoms with Crippen LogP contribution in [0.3, 0.4) is 0 Å². The minimum Gasteiger partial charge on any atom is -0.456 e. The van der Waals surface area contributed by atoms with E-state index in [4.69, 9.17) is 14.7 Å². The molecule has 5 nitrogen and oxygen atoms in total. The van der Waals surface area contributed by atoms with Crippen LogP contribution in [0, 0.1) is 0 Å². The van der Waals surface area contributed by atoms with E-state index in [1.54, 1.807) is 0 Å². The summed E-state index contributed by atoms with van der Waals surface area (Å²) in [6.07, 6.45) is 0. The van der Waals surface area contributed by atoms with Gasteiger partial charge in [0.15, 0.2) is 5.82 Å². The van der Waals surface area contributed by atoms with Crippen LogP contribution < -0.4 is 4.74 Å². The molecule has 0 unspecified atom stereocenters. The summed E-state index contributed by atoms with van der Waals surface area (Å²) in [4.78, 5) is 10.4. The average Bonchev–Trinajstić information content (AvgIpc) is 3.84. The van der Waals surface area contributed by atoms with Crippen LogP contribution >= 0.6 is 0 Å². The molecule has 0 saturated heterocycles. The lowest BCUT2D eigenvalue weighted by atomic mass is 9.91. The summed E-state index contributed by atoms with van der Waals surface area (Å²) in [5.74, 6) is 3.28. The van der Waals surface area contributed by atoms with Gasteiger partial charge in [-0.05, 0) is 76.7 Å².